The Hall–Kier alpha value is -3.81. The molecule has 0 radical (unpaired) electrons. The van der Waals surface area contributed by atoms with Crippen LogP contribution in [0.3, 0.4) is 0 Å². The van der Waals surface area contributed by atoms with Gasteiger partial charge in [-0.3, -0.25) is 9.48 Å². The SMILES string of the molecule is Cc1nn(C)c(C)c1NC(=O)[C@H](C)OC(=O)COc1ccc(Nc2ccccc2)cc1. The summed E-state index contributed by atoms with van der Waals surface area (Å²) in [5, 5.41) is 10.3. The van der Waals surface area contributed by atoms with Crippen molar-refractivity contribution in [3.05, 3.63) is 66.0 Å². The number of carbonyl (C=O) groups excluding carboxylic acids is 2. The fourth-order valence-electron chi connectivity index (χ4n) is 2.93. The zero-order valence-corrected chi connectivity index (χ0v) is 18.0. The van der Waals surface area contributed by atoms with Crippen molar-refractivity contribution < 1.29 is 19.1 Å². The van der Waals surface area contributed by atoms with Crippen LogP contribution in [-0.2, 0) is 21.4 Å². The maximum Gasteiger partial charge on any atom is 0.344 e. The van der Waals surface area contributed by atoms with Gasteiger partial charge in [0.15, 0.2) is 12.7 Å². The Morgan fingerprint density at radius 3 is 2.29 bits per heavy atom. The maximum atomic E-state index is 12.4. The van der Waals surface area contributed by atoms with Gasteiger partial charge in [-0.05, 0) is 57.2 Å². The van der Waals surface area contributed by atoms with E-state index < -0.39 is 18.0 Å². The summed E-state index contributed by atoms with van der Waals surface area (Å²) in [4.78, 5) is 24.4. The van der Waals surface area contributed by atoms with Crippen LogP contribution in [-0.4, -0.2) is 34.4 Å². The molecule has 0 saturated carbocycles. The van der Waals surface area contributed by atoms with Crippen molar-refractivity contribution >= 4 is 28.9 Å². The number of aromatic nitrogens is 2. The van der Waals surface area contributed by atoms with Crippen LogP contribution in [0.1, 0.15) is 18.3 Å². The largest absolute Gasteiger partial charge is 0.482 e. The zero-order valence-electron chi connectivity index (χ0n) is 18.0. The second-order valence-corrected chi connectivity index (χ2v) is 7.09. The van der Waals surface area contributed by atoms with Crippen LogP contribution in [0, 0.1) is 13.8 Å². The third-order valence-electron chi connectivity index (χ3n) is 4.71. The predicted octanol–water partition coefficient (Wildman–Crippen LogP) is 3.73. The van der Waals surface area contributed by atoms with Gasteiger partial charge in [-0.25, -0.2) is 4.79 Å². The molecular formula is C23H26N4O4. The first-order valence-electron chi connectivity index (χ1n) is 9.89. The molecule has 1 aromatic heterocycles. The zero-order chi connectivity index (χ0) is 22.4. The summed E-state index contributed by atoms with van der Waals surface area (Å²) in [5.41, 5.74) is 4.00. The molecule has 8 heteroatoms. The molecule has 31 heavy (non-hydrogen) atoms. The lowest BCUT2D eigenvalue weighted by molar-refractivity contribution is -0.155. The lowest BCUT2D eigenvalue weighted by Crippen LogP contribution is -2.32. The van der Waals surface area contributed by atoms with Crippen LogP contribution < -0.4 is 15.4 Å². The quantitative estimate of drug-likeness (QED) is 0.537. The van der Waals surface area contributed by atoms with Gasteiger partial charge in [0.05, 0.1) is 17.1 Å². The minimum atomic E-state index is -0.965. The first-order valence-corrected chi connectivity index (χ1v) is 9.89. The fourth-order valence-corrected chi connectivity index (χ4v) is 2.93. The molecular weight excluding hydrogens is 396 g/mol. The molecule has 2 aromatic carbocycles. The summed E-state index contributed by atoms with van der Waals surface area (Å²) in [6.45, 7) is 4.86. The molecule has 8 nitrogen and oxygen atoms in total. The Morgan fingerprint density at radius 1 is 1.03 bits per heavy atom. The monoisotopic (exact) mass is 422 g/mol. The molecule has 1 amide bonds. The fraction of sp³-hybridized carbons (Fsp3) is 0.261. The average molecular weight is 422 g/mol. The molecule has 1 atom stereocenters. The van der Waals surface area contributed by atoms with Crippen molar-refractivity contribution in [2.45, 2.75) is 26.9 Å². The number of ether oxygens (including phenoxy) is 2. The summed E-state index contributed by atoms with van der Waals surface area (Å²) in [6.07, 6.45) is -0.965. The van der Waals surface area contributed by atoms with E-state index in [1.807, 2.05) is 49.4 Å². The molecule has 0 fully saturated rings. The number of hydrogen-bond acceptors (Lipinski definition) is 6. The number of nitrogens with zero attached hydrogens (tertiary/aromatic N) is 2. The highest BCUT2D eigenvalue weighted by atomic mass is 16.6. The van der Waals surface area contributed by atoms with Crippen LogP contribution in [0.2, 0.25) is 0 Å². The van der Waals surface area contributed by atoms with Gasteiger partial charge in [0.25, 0.3) is 5.91 Å². The van der Waals surface area contributed by atoms with Crippen LogP contribution in [0.5, 0.6) is 5.75 Å². The topological polar surface area (TPSA) is 94.5 Å². The molecule has 0 saturated heterocycles. The molecule has 3 rings (SSSR count). The second kappa shape index (κ2) is 9.80. The molecule has 0 bridgehead atoms. The van der Waals surface area contributed by atoms with Crippen molar-refractivity contribution in [3.63, 3.8) is 0 Å². The van der Waals surface area contributed by atoms with E-state index in [0.29, 0.717) is 17.1 Å². The number of esters is 1. The van der Waals surface area contributed by atoms with Gasteiger partial charge in [0.1, 0.15) is 5.75 Å². The van der Waals surface area contributed by atoms with Crippen molar-refractivity contribution in [1.29, 1.82) is 0 Å². The van der Waals surface area contributed by atoms with E-state index in [4.69, 9.17) is 9.47 Å². The minimum absolute atomic E-state index is 0.298. The smallest absolute Gasteiger partial charge is 0.344 e. The lowest BCUT2D eigenvalue weighted by Gasteiger charge is -2.14. The molecule has 162 valence electrons. The molecule has 3 aromatic rings. The average Bonchev–Trinajstić information content (AvgIpc) is 3.00. The molecule has 1 heterocycles. The van der Waals surface area contributed by atoms with E-state index in [9.17, 15) is 9.59 Å². The number of amides is 1. The summed E-state index contributed by atoms with van der Waals surface area (Å²) in [5.74, 6) is -0.535. The van der Waals surface area contributed by atoms with E-state index >= 15 is 0 Å². The second-order valence-electron chi connectivity index (χ2n) is 7.09. The van der Waals surface area contributed by atoms with Gasteiger partial charge >= 0.3 is 5.97 Å². The minimum Gasteiger partial charge on any atom is -0.482 e. The van der Waals surface area contributed by atoms with Crippen molar-refractivity contribution in [1.82, 2.24) is 9.78 Å². The van der Waals surface area contributed by atoms with Crippen LogP contribution in [0.25, 0.3) is 0 Å². The van der Waals surface area contributed by atoms with Gasteiger partial charge < -0.3 is 20.1 Å². The van der Waals surface area contributed by atoms with Crippen LogP contribution >= 0.6 is 0 Å². The third-order valence-corrected chi connectivity index (χ3v) is 4.71. The Kier molecular flexibility index (Phi) is 6.92. The van der Waals surface area contributed by atoms with E-state index in [1.165, 1.54) is 6.92 Å². The maximum absolute atomic E-state index is 12.4. The molecule has 0 spiro atoms. The predicted molar refractivity (Wildman–Crippen MR) is 119 cm³/mol. The van der Waals surface area contributed by atoms with Gasteiger partial charge in [0, 0.05) is 18.4 Å². The number of benzene rings is 2. The van der Waals surface area contributed by atoms with Crippen molar-refractivity contribution in [3.8, 4) is 5.75 Å². The number of para-hydroxylation sites is 1. The van der Waals surface area contributed by atoms with Crippen LogP contribution in [0.15, 0.2) is 54.6 Å². The Balaban J connectivity index is 1.46. The van der Waals surface area contributed by atoms with Gasteiger partial charge in [-0.2, -0.15) is 5.10 Å². The lowest BCUT2D eigenvalue weighted by atomic mass is 10.2. The van der Waals surface area contributed by atoms with Crippen LogP contribution in [0.4, 0.5) is 17.1 Å². The molecule has 0 aliphatic carbocycles. The highest BCUT2D eigenvalue weighted by molar-refractivity contribution is 5.96. The molecule has 0 aliphatic rings. The number of aryl methyl sites for hydroxylation is 2. The standard InChI is InChI=1S/C23H26N4O4/c1-15-22(16(2)27(4)26-15)25-23(29)17(3)31-21(28)14-30-20-12-10-19(11-13-20)24-18-8-6-5-7-9-18/h5-13,17,24H,14H2,1-4H3,(H,25,29)/t17-/m0/s1. The summed E-state index contributed by atoms with van der Waals surface area (Å²) in [7, 11) is 1.79. The first kappa shape index (κ1) is 21.9. The van der Waals surface area contributed by atoms with E-state index in [0.717, 1.165) is 17.1 Å². The summed E-state index contributed by atoms with van der Waals surface area (Å²) >= 11 is 0. The van der Waals surface area contributed by atoms with Crippen molar-refractivity contribution in [2.75, 3.05) is 17.2 Å². The van der Waals surface area contributed by atoms with Gasteiger partial charge in [-0.1, -0.05) is 18.2 Å². The van der Waals surface area contributed by atoms with E-state index in [-0.39, 0.29) is 6.61 Å². The third kappa shape index (κ3) is 5.85. The van der Waals surface area contributed by atoms with Gasteiger partial charge in [-0.15, -0.1) is 0 Å². The number of nitrogens with one attached hydrogen (secondary N) is 2. The van der Waals surface area contributed by atoms with Crippen molar-refractivity contribution in [2.24, 2.45) is 7.05 Å². The Labute approximate surface area is 181 Å². The molecule has 0 unspecified atom stereocenters. The molecule has 0 aliphatic heterocycles. The van der Waals surface area contributed by atoms with Gasteiger partial charge in [0.2, 0.25) is 0 Å². The Morgan fingerprint density at radius 2 is 1.68 bits per heavy atom. The highest BCUT2D eigenvalue weighted by Gasteiger charge is 2.21. The summed E-state index contributed by atoms with van der Waals surface area (Å²) in [6, 6.07) is 17.0. The van der Waals surface area contributed by atoms with E-state index in [2.05, 4.69) is 15.7 Å². The van der Waals surface area contributed by atoms with E-state index in [1.54, 1.807) is 30.8 Å². The highest BCUT2D eigenvalue weighted by Crippen LogP contribution is 2.20. The Bertz CT molecular complexity index is 1050. The normalized spacial score (nSPS) is 11.5. The number of rotatable bonds is 8. The first-order chi connectivity index (χ1) is 14.8. The number of hydrogen-bond donors (Lipinski definition) is 2. The number of anilines is 3. The molecule has 2 N–H and O–H groups in total. The summed E-state index contributed by atoms with van der Waals surface area (Å²) < 4.78 is 12.3. The number of carbonyl (C=O) groups is 2.